The van der Waals surface area contributed by atoms with Crippen molar-refractivity contribution in [2.45, 2.75) is 4.90 Å². The van der Waals surface area contributed by atoms with Crippen LogP contribution in [0.1, 0.15) is 0 Å². The molecule has 0 amide bonds. The topological polar surface area (TPSA) is 46.2 Å². The Hall–Kier alpha value is -1.01. The second-order valence-electron chi connectivity index (χ2n) is 3.00. The molecule has 0 aliphatic heterocycles. The third-order valence-electron chi connectivity index (χ3n) is 1.85. The van der Waals surface area contributed by atoms with Crippen LogP contribution in [0.5, 0.6) is 0 Å². The van der Waals surface area contributed by atoms with Gasteiger partial charge in [0.1, 0.15) is 16.5 Å². The molecule has 0 saturated carbocycles. The van der Waals surface area contributed by atoms with Crippen molar-refractivity contribution in [3.63, 3.8) is 0 Å². The van der Waals surface area contributed by atoms with Crippen molar-refractivity contribution in [1.82, 2.24) is 5.32 Å². The van der Waals surface area contributed by atoms with E-state index in [1.165, 1.54) is 0 Å². The lowest BCUT2D eigenvalue weighted by Crippen LogP contribution is -2.20. The first-order valence-electron chi connectivity index (χ1n) is 4.30. The maximum atomic E-state index is 13.1. The van der Waals surface area contributed by atoms with Gasteiger partial charge in [-0.15, -0.1) is 0 Å². The molecule has 0 heterocycles. The average molecular weight is 235 g/mol. The van der Waals surface area contributed by atoms with Crippen molar-refractivity contribution in [3.05, 3.63) is 29.8 Å². The molecular formula is C9H11F2NO2S. The van der Waals surface area contributed by atoms with Crippen LogP contribution in [0.25, 0.3) is 0 Å². The van der Waals surface area contributed by atoms with E-state index in [1.54, 1.807) is 7.05 Å². The first kappa shape index (κ1) is 12.1. The van der Waals surface area contributed by atoms with Gasteiger partial charge in [-0.3, -0.25) is 0 Å². The van der Waals surface area contributed by atoms with Gasteiger partial charge in [0.25, 0.3) is 0 Å². The van der Waals surface area contributed by atoms with Crippen molar-refractivity contribution >= 4 is 9.84 Å². The van der Waals surface area contributed by atoms with Crippen molar-refractivity contribution in [2.24, 2.45) is 0 Å². The van der Waals surface area contributed by atoms with E-state index < -0.39 is 26.4 Å². The molecule has 0 spiro atoms. The van der Waals surface area contributed by atoms with E-state index in [4.69, 9.17) is 0 Å². The molecule has 0 saturated heterocycles. The molecule has 15 heavy (non-hydrogen) atoms. The molecule has 0 fully saturated rings. The van der Waals surface area contributed by atoms with E-state index >= 15 is 0 Å². The zero-order valence-corrected chi connectivity index (χ0v) is 8.94. The minimum absolute atomic E-state index is 0.193. The van der Waals surface area contributed by atoms with E-state index in [-0.39, 0.29) is 12.3 Å². The Bertz CT molecular complexity index is 445. The summed E-state index contributed by atoms with van der Waals surface area (Å²) in [6.45, 7) is 0.193. The van der Waals surface area contributed by atoms with E-state index in [9.17, 15) is 17.2 Å². The average Bonchev–Trinajstić information content (AvgIpc) is 2.18. The van der Waals surface area contributed by atoms with Crippen LogP contribution < -0.4 is 5.32 Å². The van der Waals surface area contributed by atoms with Gasteiger partial charge in [0.05, 0.1) is 5.75 Å². The van der Waals surface area contributed by atoms with Crippen LogP contribution in [-0.2, 0) is 9.84 Å². The maximum Gasteiger partial charge on any atom is 0.182 e. The highest BCUT2D eigenvalue weighted by atomic mass is 32.2. The van der Waals surface area contributed by atoms with E-state index in [0.717, 1.165) is 12.1 Å². The van der Waals surface area contributed by atoms with Crippen molar-refractivity contribution < 1.29 is 17.2 Å². The van der Waals surface area contributed by atoms with Gasteiger partial charge in [-0.05, 0) is 25.2 Å². The van der Waals surface area contributed by atoms with E-state index in [2.05, 4.69) is 5.32 Å². The van der Waals surface area contributed by atoms with Gasteiger partial charge in [-0.2, -0.15) is 0 Å². The van der Waals surface area contributed by atoms with Gasteiger partial charge in [0, 0.05) is 6.54 Å². The van der Waals surface area contributed by atoms with Gasteiger partial charge in [-0.25, -0.2) is 17.2 Å². The van der Waals surface area contributed by atoms with Gasteiger partial charge in [0.2, 0.25) is 0 Å². The minimum Gasteiger partial charge on any atom is -0.319 e. The Morgan fingerprint density at radius 3 is 2.60 bits per heavy atom. The summed E-state index contributed by atoms with van der Waals surface area (Å²) in [5, 5.41) is 2.63. The summed E-state index contributed by atoms with van der Waals surface area (Å²) in [4.78, 5) is -0.585. The molecule has 0 aromatic heterocycles. The van der Waals surface area contributed by atoms with Crippen LogP contribution in [-0.4, -0.2) is 27.8 Å². The highest BCUT2D eigenvalue weighted by molar-refractivity contribution is 7.91. The molecule has 0 bridgehead atoms. The molecule has 0 aliphatic rings. The minimum atomic E-state index is -3.75. The first-order chi connectivity index (χ1) is 6.97. The van der Waals surface area contributed by atoms with E-state index in [0.29, 0.717) is 6.07 Å². The van der Waals surface area contributed by atoms with Crippen LogP contribution in [0.15, 0.2) is 23.1 Å². The lowest BCUT2D eigenvalue weighted by Gasteiger charge is -2.05. The molecule has 0 atom stereocenters. The third-order valence-corrected chi connectivity index (χ3v) is 3.57. The number of halogens is 2. The zero-order valence-electron chi connectivity index (χ0n) is 8.13. The predicted molar refractivity (Wildman–Crippen MR) is 52.3 cm³/mol. The fourth-order valence-corrected chi connectivity index (χ4v) is 2.41. The van der Waals surface area contributed by atoms with Crippen LogP contribution in [0.2, 0.25) is 0 Å². The monoisotopic (exact) mass is 235 g/mol. The number of benzene rings is 1. The summed E-state index contributed by atoms with van der Waals surface area (Å²) in [6.07, 6.45) is 0. The first-order valence-corrected chi connectivity index (χ1v) is 5.95. The highest BCUT2D eigenvalue weighted by Gasteiger charge is 2.19. The van der Waals surface area contributed by atoms with Crippen molar-refractivity contribution in [3.8, 4) is 0 Å². The second-order valence-corrected chi connectivity index (χ2v) is 5.07. The van der Waals surface area contributed by atoms with Crippen LogP contribution in [0, 0.1) is 11.6 Å². The molecular weight excluding hydrogens is 224 g/mol. The number of nitrogens with one attached hydrogen (secondary N) is 1. The zero-order chi connectivity index (χ0) is 11.5. The molecule has 84 valence electrons. The Balaban J connectivity index is 3.09. The largest absolute Gasteiger partial charge is 0.319 e. The van der Waals surface area contributed by atoms with Crippen LogP contribution in [0.3, 0.4) is 0 Å². The summed E-state index contributed by atoms with van der Waals surface area (Å²) < 4.78 is 48.9. The van der Waals surface area contributed by atoms with E-state index in [1.807, 2.05) is 0 Å². The molecule has 0 unspecified atom stereocenters. The van der Waals surface area contributed by atoms with Gasteiger partial charge < -0.3 is 5.32 Å². The quantitative estimate of drug-likeness (QED) is 0.845. The predicted octanol–water partition coefficient (Wildman–Crippen LogP) is 0.958. The number of rotatable bonds is 4. The molecule has 1 rings (SSSR count). The molecule has 3 nitrogen and oxygen atoms in total. The number of sulfone groups is 1. The fourth-order valence-electron chi connectivity index (χ4n) is 1.06. The third kappa shape index (κ3) is 2.97. The number of hydrogen-bond acceptors (Lipinski definition) is 3. The Labute approximate surface area is 87.0 Å². The Morgan fingerprint density at radius 1 is 1.33 bits per heavy atom. The molecule has 6 heteroatoms. The summed E-state index contributed by atoms with van der Waals surface area (Å²) in [5.74, 6) is -1.95. The summed E-state index contributed by atoms with van der Waals surface area (Å²) in [6, 6.07) is 2.38. The molecule has 1 aromatic carbocycles. The summed E-state index contributed by atoms with van der Waals surface area (Å²) >= 11 is 0. The van der Waals surface area contributed by atoms with Gasteiger partial charge in [0.15, 0.2) is 9.84 Å². The van der Waals surface area contributed by atoms with Crippen LogP contribution >= 0.6 is 0 Å². The lowest BCUT2D eigenvalue weighted by molar-refractivity contribution is 0.552. The summed E-state index contributed by atoms with van der Waals surface area (Å²) in [7, 11) is -2.17. The normalized spacial score (nSPS) is 11.7. The SMILES string of the molecule is CNCCS(=O)(=O)c1cc(F)ccc1F. The lowest BCUT2D eigenvalue weighted by atomic mass is 10.3. The second kappa shape index (κ2) is 4.67. The number of hydrogen-bond donors (Lipinski definition) is 1. The standard InChI is InChI=1S/C9H11F2NO2S/c1-12-4-5-15(13,14)9-6-7(10)2-3-8(9)11/h2-3,6,12H,4-5H2,1H3. The van der Waals surface area contributed by atoms with Crippen LogP contribution in [0.4, 0.5) is 8.78 Å². The molecule has 1 N–H and O–H groups in total. The fraction of sp³-hybridized carbons (Fsp3) is 0.333. The van der Waals surface area contributed by atoms with Gasteiger partial charge in [-0.1, -0.05) is 0 Å². The molecule has 1 aromatic rings. The summed E-state index contributed by atoms with van der Waals surface area (Å²) in [5.41, 5.74) is 0. The smallest absolute Gasteiger partial charge is 0.182 e. The Morgan fingerprint density at radius 2 is 2.00 bits per heavy atom. The van der Waals surface area contributed by atoms with Crippen molar-refractivity contribution in [2.75, 3.05) is 19.3 Å². The maximum absolute atomic E-state index is 13.1. The molecule has 0 radical (unpaired) electrons. The van der Waals surface area contributed by atoms with Crippen molar-refractivity contribution in [1.29, 1.82) is 0 Å². The van der Waals surface area contributed by atoms with Gasteiger partial charge >= 0.3 is 0 Å². The molecule has 0 aliphatic carbocycles. The Kier molecular flexibility index (Phi) is 3.76. The highest BCUT2D eigenvalue weighted by Crippen LogP contribution is 2.16.